The normalized spacial score (nSPS) is 19.6. The van der Waals surface area contributed by atoms with E-state index in [1.807, 2.05) is 44.4 Å². The highest BCUT2D eigenvalue weighted by Crippen LogP contribution is 2.39. The fraction of sp³-hybridized carbons (Fsp3) is 0.400. The van der Waals surface area contributed by atoms with Crippen LogP contribution in [0.1, 0.15) is 26.7 Å². The summed E-state index contributed by atoms with van der Waals surface area (Å²) in [6.07, 6.45) is 2.27. The number of likely N-dealkylation sites (N-methyl/N-ethyl adjacent to an activating group) is 1. The van der Waals surface area contributed by atoms with Gasteiger partial charge in [0, 0.05) is 41.7 Å². The summed E-state index contributed by atoms with van der Waals surface area (Å²) in [4.78, 5) is 13.8. The quantitative estimate of drug-likeness (QED) is 0.376. The van der Waals surface area contributed by atoms with Crippen molar-refractivity contribution in [1.82, 2.24) is 20.2 Å². The third kappa shape index (κ3) is 4.41. The number of ether oxygens (including phenoxy) is 1. The minimum atomic E-state index is -0.447. The summed E-state index contributed by atoms with van der Waals surface area (Å²) in [7, 11) is 4.00. The fourth-order valence-corrected chi connectivity index (χ4v) is 5.50. The van der Waals surface area contributed by atoms with E-state index in [1.165, 1.54) is 0 Å². The highest BCUT2D eigenvalue weighted by Gasteiger charge is 2.34. The summed E-state index contributed by atoms with van der Waals surface area (Å²) in [5.41, 5.74) is 0.974. The molecule has 6 rings (SSSR count). The maximum Gasteiger partial charge on any atom is 0.319 e. The number of anilines is 1. The smallest absolute Gasteiger partial charge is 0.319 e. The molecular weight excluding hydrogens is 481 g/mol. The van der Waals surface area contributed by atoms with Gasteiger partial charge in [-0.15, -0.1) is 0 Å². The van der Waals surface area contributed by atoms with E-state index in [9.17, 15) is 5.11 Å². The van der Waals surface area contributed by atoms with Crippen LogP contribution in [0.5, 0.6) is 11.8 Å². The van der Waals surface area contributed by atoms with E-state index in [0.717, 1.165) is 36.7 Å². The van der Waals surface area contributed by atoms with Gasteiger partial charge in [0.1, 0.15) is 23.7 Å². The molecule has 0 saturated carbocycles. The lowest BCUT2D eigenvalue weighted by Gasteiger charge is -2.35. The van der Waals surface area contributed by atoms with E-state index in [2.05, 4.69) is 33.9 Å². The number of nitrogens with one attached hydrogen (secondary N) is 1. The molecule has 0 amide bonds. The van der Waals surface area contributed by atoms with Gasteiger partial charge in [-0.05, 0) is 75.3 Å². The van der Waals surface area contributed by atoms with Gasteiger partial charge >= 0.3 is 6.01 Å². The number of phenols is 1. The number of nitrogens with zero attached hydrogens (tertiary/aromatic N) is 4. The molecule has 8 heteroatoms. The molecule has 198 valence electrons. The Morgan fingerprint density at radius 2 is 1.76 bits per heavy atom. The first-order valence-corrected chi connectivity index (χ1v) is 13.2. The fourth-order valence-electron chi connectivity index (χ4n) is 5.50. The van der Waals surface area contributed by atoms with Gasteiger partial charge in [-0.2, -0.15) is 9.97 Å². The van der Waals surface area contributed by atoms with Crippen LogP contribution < -0.4 is 15.0 Å². The van der Waals surface area contributed by atoms with E-state index in [-0.39, 0.29) is 22.8 Å². The van der Waals surface area contributed by atoms with E-state index in [1.54, 1.807) is 18.2 Å². The molecule has 2 aliphatic heterocycles. The summed E-state index contributed by atoms with van der Waals surface area (Å²) in [6.45, 7) is 6.14. The highest BCUT2D eigenvalue weighted by molar-refractivity contribution is 6.01. The van der Waals surface area contributed by atoms with Gasteiger partial charge in [-0.3, -0.25) is 0 Å². The number of hydrogen-bond acceptors (Lipinski definition) is 7. The van der Waals surface area contributed by atoms with Crippen LogP contribution in [0.25, 0.3) is 32.8 Å². The van der Waals surface area contributed by atoms with Gasteiger partial charge < -0.3 is 25.0 Å². The number of piperazine rings is 1. The maximum absolute atomic E-state index is 16.4. The number of fused-ring (bicyclic) bond motifs is 4. The summed E-state index contributed by atoms with van der Waals surface area (Å²) in [5.74, 6) is 0.349. The van der Waals surface area contributed by atoms with Crippen LogP contribution in [0, 0.1) is 5.82 Å². The van der Waals surface area contributed by atoms with Crippen LogP contribution in [0.3, 0.4) is 0 Å². The van der Waals surface area contributed by atoms with Gasteiger partial charge in [0.2, 0.25) is 0 Å². The van der Waals surface area contributed by atoms with Crippen LogP contribution >= 0.6 is 0 Å². The Hall–Kier alpha value is -3.49. The lowest BCUT2D eigenvalue weighted by molar-refractivity contribution is 0.108. The summed E-state index contributed by atoms with van der Waals surface area (Å²) < 4.78 is 22.6. The minimum absolute atomic E-state index is 0.0906. The number of rotatable bonds is 6. The van der Waals surface area contributed by atoms with Crippen molar-refractivity contribution < 1.29 is 14.2 Å². The van der Waals surface area contributed by atoms with Gasteiger partial charge in [-0.25, -0.2) is 4.39 Å². The molecular formula is C30H34FN5O2. The zero-order chi connectivity index (χ0) is 26.6. The molecule has 2 aliphatic rings. The number of aromatic nitrogens is 2. The number of phenolic OH excluding ortho intramolecular Hbond substituents is 1. The highest BCUT2D eigenvalue weighted by atomic mass is 19.1. The average Bonchev–Trinajstić information content (AvgIpc) is 3.24. The first-order valence-electron chi connectivity index (χ1n) is 13.2. The molecule has 2 saturated heterocycles. The first kappa shape index (κ1) is 24.8. The molecule has 2 bridgehead atoms. The van der Waals surface area contributed by atoms with Crippen LogP contribution in [-0.2, 0) is 0 Å². The van der Waals surface area contributed by atoms with Crippen molar-refractivity contribution in [3.63, 3.8) is 0 Å². The Bertz CT molecular complexity index is 1510. The Labute approximate surface area is 222 Å². The standard InChI is InChI=1S/C30H34FN5O2/c1-30(2,35(3)4)17-38-29-33-27-24(28(34-29)36-15-19-9-10-20(16-36)32-19)12-11-23(26(27)31)25-14-21(37)13-18-7-5-6-8-22(18)25/h5-8,11-14,19-20,32,37H,9-10,15-17H2,1-4H3/t19-,20+. The predicted molar refractivity (Wildman–Crippen MR) is 150 cm³/mol. The molecule has 3 heterocycles. The molecule has 0 radical (unpaired) electrons. The molecule has 7 nitrogen and oxygen atoms in total. The molecule has 0 spiro atoms. The zero-order valence-corrected chi connectivity index (χ0v) is 22.3. The number of benzene rings is 3. The Kier molecular flexibility index (Phi) is 6.12. The van der Waals surface area contributed by atoms with Crippen molar-refractivity contribution in [3.05, 3.63) is 54.3 Å². The summed E-state index contributed by atoms with van der Waals surface area (Å²) in [5, 5.41) is 16.4. The molecule has 2 atom stereocenters. The lowest BCUT2D eigenvalue weighted by Crippen LogP contribution is -2.51. The summed E-state index contributed by atoms with van der Waals surface area (Å²) in [6, 6.07) is 15.6. The predicted octanol–water partition coefficient (Wildman–Crippen LogP) is 4.95. The Balaban J connectivity index is 1.50. The zero-order valence-electron chi connectivity index (χ0n) is 22.3. The average molecular weight is 516 g/mol. The van der Waals surface area contributed by atoms with Crippen LogP contribution in [0.2, 0.25) is 0 Å². The van der Waals surface area contributed by atoms with Crippen LogP contribution in [0.4, 0.5) is 10.2 Å². The van der Waals surface area contributed by atoms with Gasteiger partial charge in [0.05, 0.1) is 0 Å². The lowest BCUT2D eigenvalue weighted by atomic mass is 9.96. The SMILES string of the molecule is CN(C)C(C)(C)COc1nc(N2C[C@H]3CC[C@@H](C2)N3)c2ccc(-c3cc(O)cc4ccccc34)c(F)c2n1. The molecule has 2 fully saturated rings. The first-order chi connectivity index (χ1) is 18.2. The monoisotopic (exact) mass is 515 g/mol. The van der Waals surface area contributed by atoms with Crippen molar-refractivity contribution in [3.8, 4) is 22.9 Å². The summed E-state index contributed by atoms with van der Waals surface area (Å²) >= 11 is 0. The second-order valence-corrected chi connectivity index (χ2v) is 11.4. The Morgan fingerprint density at radius 1 is 1.03 bits per heavy atom. The molecule has 38 heavy (non-hydrogen) atoms. The van der Waals surface area contributed by atoms with E-state index < -0.39 is 5.82 Å². The maximum atomic E-state index is 16.4. The van der Waals surface area contributed by atoms with Crippen molar-refractivity contribution in [2.75, 3.05) is 38.7 Å². The van der Waals surface area contributed by atoms with E-state index in [4.69, 9.17) is 9.72 Å². The Morgan fingerprint density at radius 3 is 2.50 bits per heavy atom. The van der Waals surface area contributed by atoms with Crippen LogP contribution in [0.15, 0.2) is 48.5 Å². The van der Waals surface area contributed by atoms with Crippen molar-refractivity contribution >= 4 is 27.5 Å². The van der Waals surface area contributed by atoms with E-state index >= 15 is 4.39 Å². The third-order valence-corrected chi connectivity index (χ3v) is 8.18. The van der Waals surface area contributed by atoms with E-state index in [0.29, 0.717) is 41.0 Å². The molecule has 0 unspecified atom stereocenters. The number of aromatic hydroxyl groups is 1. The third-order valence-electron chi connectivity index (χ3n) is 8.18. The topological polar surface area (TPSA) is 73.8 Å². The second-order valence-electron chi connectivity index (χ2n) is 11.4. The largest absolute Gasteiger partial charge is 0.508 e. The number of hydrogen-bond donors (Lipinski definition) is 2. The molecule has 4 aromatic rings. The van der Waals surface area contributed by atoms with Gasteiger partial charge in [-0.1, -0.05) is 30.3 Å². The minimum Gasteiger partial charge on any atom is -0.508 e. The molecule has 0 aliphatic carbocycles. The van der Waals surface area contributed by atoms with Crippen molar-refractivity contribution in [2.45, 2.75) is 44.3 Å². The van der Waals surface area contributed by atoms with Crippen molar-refractivity contribution in [1.29, 1.82) is 0 Å². The van der Waals surface area contributed by atoms with Crippen LogP contribution in [-0.4, -0.2) is 71.4 Å². The molecule has 3 aromatic carbocycles. The second kappa shape index (κ2) is 9.36. The van der Waals surface area contributed by atoms with Gasteiger partial charge in [0.15, 0.2) is 5.82 Å². The number of halogens is 1. The molecule has 2 N–H and O–H groups in total. The molecule has 1 aromatic heterocycles. The van der Waals surface area contributed by atoms with Gasteiger partial charge in [0.25, 0.3) is 0 Å². The van der Waals surface area contributed by atoms with Crippen molar-refractivity contribution in [2.24, 2.45) is 0 Å².